The predicted octanol–water partition coefficient (Wildman–Crippen LogP) is 2.72. The second-order valence-electron chi connectivity index (χ2n) is 6.03. The van der Waals surface area contributed by atoms with E-state index in [2.05, 4.69) is 5.32 Å². The minimum atomic E-state index is -0.856. The number of carbonyl (C=O) groups excluding carboxylic acids is 2. The molecule has 2 aromatic carbocycles. The summed E-state index contributed by atoms with van der Waals surface area (Å²) in [7, 11) is 0. The van der Waals surface area contributed by atoms with E-state index in [1.807, 2.05) is 18.2 Å². The Balaban J connectivity index is 1.45. The second kappa shape index (κ2) is 8.48. The van der Waals surface area contributed by atoms with Gasteiger partial charge in [0.05, 0.1) is 0 Å². The molecule has 0 bridgehead atoms. The lowest BCUT2D eigenvalue weighted by Gasteiger charge is -2.34. The highest BCUT2D eigenvalue weighted by molar-refractivity contribution is 5.89. The summed E-state index contributed by atoms with van der Waals surface area (Å²) in [6, 6.07) is 11.8. The van der Waals surface area contributed by atoms with Crippen LogP contribution in [-0.2, 0) is 4.79 Å². The Kier molecular flexibility index (Phi) is 5.85. The molecule has 0 saturated carbocycles. The van der Waals surface area contributed by atoms with Gasteiger partial charge in [-0.25, -0.2) is 13.6 Å². The molecule has 3 rings (SSSR count). The Hall–Kier alpha value is -3.16. The summed E-state index contributed by atoms with van der Waals surface area (Å²) in [6.07, 6.45) is 0. The zero-order valence-corrected chi connectivity index (χ0v) is 14.5. The number of ether oxygens (including phenoxy) is 1. The van der Waals surface area contributed by atoms with Gasteiger partial charge in [-0.3, -0.25) is 4.79 Å². The number of piperazine rings is 1. The Morgan fingerprint density at radius 3 is 2.30 bits per heavy atom. The average molecular weight is 375 g/mol. The number of urea groups is 1. The average Bonchev–Trinajstić information content (AvgIpc) is 2.68. The van der Waals surface area contributed by atoms with Crippen LogP contribution < -0.4 is 10.1 Å². The first-order valence-electron chi connectivity index (χ1n) is 8.49. The summed E-state index contributed by atoms with van der Waals surface area (Å²) in [5.74, 6) is -2.06. The largest absolute Gasteiger partial charge is 0.481 e. The first kappa shape index (κ1) is 18.6. The predicted molar refractivity (Wildman–Crippen MR) is 95.5 cm³/mol. The Morgan fingerprint density at radius 1 is 0.963 bits per heavy atom. The van der Waals surface area contributed by atoms with Gasteiger partial charge in [0.2, 0.25) is 0 Å². The van der Waals surface area contributed by atoms with E-state index in [0.29, 0.717) is 37.9 Å². The van der Waals surface area contributed by atoms with Crippen LogP contribution in [0.4, 0.5) is 19.3 Å². The molecule has 1 aliphatic heterocycles. The maximum Gasteiger partial charge on any atom is 0.321 e. The molecular weight excluding hydrogens is 356 g/mol. The number of amides is 3. The van der Waals surface area contributed by atoms with Gasteiger partial charge in [0.25, 0.3) is 5.91 Å². The van der Waals surface area contributed by atoms with E-state index in [4.69, 9.17) is 4.74 Å². The normalized spacial score (nSPS) is 14.0. The minimum absolute atomic E-state index is 0.175. The number of nitrogens with one attached hydrogen (secondary N) is 1. The molecule has 3 amide bonds. The molecule has 0 radical (unpaired) electrons. The van der Waals surface area contributed by atoms with Gasteiger partial charge in [-0.05, 0) is 24.3 Å². The maximum atomic E-state index is 13.5. The number of carbonyl (C=O) groups is 2. The summed E-state index contributed by atoms with van der Waals surface area (Å²) >= 11 is 0. The van der Waals surface area contributed by atoms with Crippen LogP contribution >= 0.6 is 0 Å². The third-order valence-corrected chi connectivity index (χ3v) is 4.19. The van der Waals surface area contributed by atoms with Crippen LogP contribution in [0.15, 0.2) is 48.5 Å². The van der Waals surface area contributed by atoms with Crippen molar-refractivity contribution in [3.05, 3.63) is 60.2 Å². The molecule has 1 heterocycles. The fourth-order valence-corrected chi connectivity index (χ4v) is 2.71. The Bertz CT molecular complexity index is 809. The highest BCUT2D eigenvalue weighted by Crippen LogP contribution is 2.17. The number of anilines is 1. The van der Waals surface area contributed by atoms with Crippen molar-refractivity contribution in [3.63, 3.8) is 0 Å². The SMILES string of the molecule is O=C(COc1ccc(F)cc1F)N1CCN(C(=O)Nc2ccccc2)CC1. The molecule has 1 N–H and O–H groups in total. The zero-order valence-electron chi connectivity index (χ0n) is 14.5. The van der Waals surface area contributed by atoms with Gasteiger partial charge >= 0.3 is 6.03 Å². The lowest BCUT2D eigenvalue weighted by atomic mass is 10.3. The molecule has 2 aromatic rings. The van der Waals surface area contributed by atoms with Crippen LogP contribution in [0.5, 0.6) is 5.75 Å². The Morgan fingerprint density at radius 2 is 1.63 bits per heavy atom. The number of para-hydroxylation sites is 1. The van der Waals surface area contributed by atoms with Crippen LogP contribution in [0, 0.1) is 11.6 Å². The summed E-state index contributed by atoms with van der Waals surface area (Å²) < 4.78 is 31.5. The van der Waals surface area contributed by atoms with Crippen LogP contribution in [0.2, 0.25) is 0 Å². The molecular formula is C19H19F2N3O3. The summed E-state index contributed by atoms with van der Waals surface area (Å²) in [5, 5.41) is 2.80. The van der Waals surface area contributed by atoms with Crippen molar-refractivity contribution < 1.29 is 23.1 Å². The lowest BCUT2D eigenvalue weighted by molar-refractivity contribution is -0.134. The molecule has 0 unspecified atom stereocenters. The van der Waals surface area contributed by atoms with Crippen LogP contribution in [0.1, 0.15) is 0 Å². The summed E-state index contributed by atoms with van der Waals surface area (Å²) in [6.45, 7) is 1.13. The molecule has 1 aliphatic rings. The topological polar surface area (TPSA) is 61.9 Å². The van der Waals surface area contributed by atoms with Crippen molar-refractivity contribution in [1.29, 1.82) is 0 Å². The maximum absolute atomic E-state index is 13.5. The first-order chi connectivity index (χ1) is 13.0. The van der Waals surface area contributed by atoms with E-state index < -0.39 is 11.6 Å². The lowest BCUT2D eigenvalue weighted by Crippen LogP contribution is -2.52. The number of nitrogens with zero attached hydrogens (tertiary/aromatic N) is 2. The number of benzene rings is 2. The third-order valence-electron chi connectivity index (χ3n) is 4.19. The molecule has 6 nitrogen and oxygen atoms in total. The molecule has 142 valence electrons. The van der Waals surface area contributed by atoms with Gasteiger partial charge < -0.3 is 19.9 Å². The molecule has 0 aromatic heterocycles. The van der Waals surface area contributed by atoms with Crippen LogP contribution in [-0.4, -0.2) is 54.5 Å². The molecule has 0 aliphatic carbocycles. The van der Waals surface area contributed by atoms with E-state index in [1.54, 1.807) is 21.9 Å². The van der Waals surface area contributed by atoms with Crippen LogP contribution in [0.3, 0.4) is 0 Å². The van der Waals surface area contributed by atoms with Crippen LogP contribution in [0.25, 0.3) is 0 Å². The van der Waals surface area contributed by atoms with Crippen molar-refractivity contribution in [2.24, 2.45) is 0 Å². The highest BCUT2D eigenvalue weighted by atomic mass is 19.1. The summed E-state index contributed by atoms with van der Waals surface area (Å²) in [4.78, 5) is 27.6. The number of hydrogen-bond acceptors (Lipinski definition) is 3. The van der Waals surface area contributed by atoms with Crippen molar-refractivity contribution in [2.45, 2.75) is 0 Å². The standard InChI is InChI=1S/C19H19F2N3O3/c20-14-6-7-17(16(21)12-14)27-13-18(25)23-8-10-24(11-9-23)19(26)22-15-4-2-1-3-5-15/h1-7,12H,8-11,13H2,(H,22,26). The van der Waals surface area contributed by atoms with Gasteiger partial charge in [-0.2, -0.15) is 0 Å². The molecule has 8 heteroatoms. The number of rotatable bonds is 4. The van der Waals surface area contributed by atoms with Crippen molar-refractivity contribution in [3.8, 4) is 5.75 Å². The van der Waals surface area contributed by atoms with E-state index in [-0.39, 0.29) is 24.3 Å². The van der Waals surface area contributed by atoms with E-state index in [1.165, 1.54) is 0 Å². The first-order valence-corrected chi connectivity index (χ1v) is 8.49. The molecule has 0 spiro atoms. The van der Waals surface area contributed by atoms with E-state index in [0.717, 1.165) is 12.1 Å². The molecule has 27 heavy (non-hydrogen) atoms. The number of hydrogen-bond donors (Lipinski definition) is 1. The number of halogens is 2. The fourth-order valence-electron chi connectivity index (χ4n) is 2.71. The fraction of sp³-hybridized carbons (Fsp3) is 0.263. The van der Waals surface area contributed by atoms with Gasteiger partial charge in [0.1, 0.15) is 5.82 Å². The van der Waals surface area contributed by atoms with Gasteiger partial charge in [-0.15, -0.1) is 0 Å². The Labute approximate surface area is 155 Å². The monoisotopic (exact) mass is 375 g/mol. The van der Waals surface area contributed by atoms with Gasteiger partial charge in [0.15, 0.2) is 18.2 Å². The third kappa shape index (κ3) is 4.93. The second-order valence-corrected chi connectivity index (χ2v) is 6.03. The van der Waals surface area contributed by atoms with Gasteiger partial charge in [-0.1, -0.05) is 18.2 Å². The molecule has 1 fully saturated rings. The highest BCUT2D eigenvalue weighted by Gasteiger charge is 2.24. The summed E-state index contributed by atoms with van der Waals surface area (Å²) in [5.41, 5.74) is 0.704. The van der Waals surface area contributed by atoms with Crippen molar-refractivity contribution in [2.75, 3.05) is 38.1 Å². The van der Waals surface area contributed by atoms with E-state index in [9.17, 15) is 18.4 Å². The molecule has 1 saturated heterocycles. The smallest absolute Gasteiger partial charge is 0.321 e. The quantitative estimate of drug-likeness (QED) is 0.894. The van der Waals surface area contributed by atoms with Crippen molar-refractivity contribution in [1.82, 2.24) is 9.80 Å². The van der Waals surface area contributed by atoms with E-state index >= 15 is 0 Å². The van der Waals surface area contributed by atoms with Crippen molar-refractivity contribution >= 4 is 17.6 Å². The zero-order chi connectivity index (χ0) is 19.2. The molecule has 0 atom stereocenters. The van der Waals surface area contributed by atoms with Gasteiger partial charge in [0, 0.05) is 37.9 Å². The minimum Gasteiger partial charge on any atom is -0.481 e.